The van der Waals surface area contributed by atoms with Crippen molar-refractivity contribution in [2.45, 2.75) is 11.5 Å². The first-order valence-corrected chi connectivity index (χ1v) is 6.31. The van der Waals surface area contributed by atoms with Crippen LogP contribution in [0.15, 0.2) is 22.4 Å². The van der Waals surface area contributed by atoms with Crippen LogP contribution in [0.2, 0.25) is 0 Å². The second kappa shape index (κ2) is 3.81. The fourth-order valence-corrected chi connectivity index (χ4v) is 3.05. The second-order valence-corrected chi connectivity index (χ2v) is 4.74. The molecule has 0 fully saturated rings. The maximum atomic E-state index is 9.22. The molecule has 2 aromatic rings. The maximum absolute atomic E-state index is 9.22. The zero-order valence-corrected chi connectivity index (χ0v) is 9.41. The van der Waals surface area contributed by atoms with E-state index in [1.165, 1.54) is 0 Å². The molecular weight excluding hydrogens is 214 g/mol. The van der Waals surface area contributed by atoms with Gasteiger partial charge >= 0.3 is 0 Å². The number of anilines is 1. The molecule has 0 unspecified atom stereocenters. The van der Waals surface area contributed by atoms with Gasteiger partial charge in [0.1, 0.15) is 0 Å². The highest BCUT2D eigenvalue weighted by Crippen LogP contribution is 2.36. The molecule has 2 nitrogen and oxygen atoms in total. The van der Waals surface area contributed by atoms with Crippen molar-refractivity contribution in [2.75, 3.05) is 12.0 Å². The van der Waals surface area contributed by atoms with Gasteiger partial charge in [0.25, 0.3) is 0 Å². The number of hydrogen-bond donors (Lipinski definition) is 2. The molecule has 0 amide bonds. The zero-order chi connectivity index (χ0) is 10.1. The Morgan fingerprint density at radius 2 is 2.36 bits per heavy atom. The normalized spacial score (nSPS) is 11.0. The van der Waals surface area contributed by atoms with E-state index in [-0.39, 0.29) is 6.61 Å². The first-order valence-electron chi connectivity index (χ1n) is 4.21. The molecule has 74 valence electrons. The smallest absolute Gasteiger partial charge is 0.0688 e. The van der Waals surface area contributed by atoms with Crippen LogP contribution in [0.4, 0.5) is 5.69 Å². The Morgan fingerprint density at radius 3 is 3.00 bits per heavy atom. The minimum atomic E-state index is 0.0705. The summed E-state index contributed by atoms with van der Waals surface area (Å²) in [6.07, 6.45) is 1.99. The lowest BCUT2D eigenvalue weighted by atomic mass is 10.1. The minimum absolute atomic E-state index is 0.0705. The van der Waals surface area contributed by atoms with Gasteiger partial charge in [-0.05, 0) is 29.3 Å². The Labute approximate surface area is 90.7 Å². The summed E-state index contributed by atoms with van der Waals surface area (Å²) in [6.45, 7) is 0.0705. The average Bonchev–Trinajstić information content (AvgIpc) is 2.68. The number of thiophene rings is 1. The fraction of sp³-hybridized carbons (Fsp3) is 0.200. The van der Waals surface area contributed by atoms with Gasteiger partial charge in [0.2, 0.25) is 0 Å². The van der Waals surface area contributed by atoms with Crippen LogP contribution in [0.3, 0.4) is 0 Å². The van der Waals surface area contributed by atoms with Gasteiger partial charge in [0.15, 0.2) is 0 Å². The van der Waals surface area contributed by atoms with Crippen LogP contribution in [-0.4, -0.2) is 11.4 Å². The van der Waals surface area contributed by atoms with Crippen LogP contribution in [-0.2, 0) is 6.61 Å². The van der Waals surface area contributed by atoms with Crippen LogP contribution in [0.25, 0.3) is 10.1 Å². The number of aliphatic hydroxyl groups excluding tert-OH is 1. The van der Waals surface area contributed by atoms with Crippen LogP contribution in [0.5, 0.6) is 0 Å². The zero-order valence-electron chi connectivity index (χ0n) is 7.78. The van der Waals surface area contributed by atoms with Gasteiger partial charge in [-0.3, -0.25) is 0 Å². The monoisotopic (exact) mass is 225 g/mol. The summed E-state index contributed by atoms with van der Waals surface area (Å²) in [7, 11) is 0. The number of thioether (sulfide) groups is 1. The lowest BCUT2D eigenvalue weighted by Crippen LogP contribution is -1.92. The van der Waals surface area contributed by atoms with Crippen molar-refractivity contribution in [2.24, 2.45) is 0 Å². The number of aliphatic hydroxyl groups is 1. The topological polar surface area (TPSA) is 46.2 Å². The molecule has 14 heavy (non-hydrogen) atoms. The quantitative estimate of drug-likeness (QED) is 0.610. The summed E-state index contributed by atoms with van der Waals surface area (Å²) >= 11 is 3.24. The molecule has 0 aliphatic rings. The Morgan fingerprint density at radius 1 is 1.57 bits per heavy atom. The maximum Gasteiger partial charge on any atom is 0.0688 e. The van der Waals surface area contributed by atoms with E-state index in [9.17, 15) is 5.11 Å². The van der Waals surface area contributed by atoms with Crippen molar-refractivity contribution in [3.63, 3.8) is 0 Å². The van der Waals surface area contributed by atoms with Crippen LogP contribution >= 0.6 is 23.1 Å². The van der Waals surface area contributed by atoms with Gasteiger partial charge in [-0.2, -0.15) is 0 Å². The Balaban J connectivity index is 2.80. The van der Waals surface area contributed by atoms with Crippen molar-refractivity contribution in [1.82, 2.24) is 0 Å². The molecule has 0 aliphatic carbocycles. The van der Waals surface area contributed by atoms with Gasteiger partial charge in [-0.1, -0.05) is 0 Å². The molecule has 0 atom stereocenters. The van der Waals surface area contributed by atoms with E-state index < -0.39 is 0 Å². The molecule has 0 aliphatic heterocycles. The van der Waals surface area contributed by atoms with Crippen molar-refractivity contribution in [3.8, 4) is 0 Å². The summed E-state index contributed by atoms with van der Waals surface area (Å²) in [5.41, 5.74) is 7.80. The van der Waals surface area contributed by atoms with E-state index in [1.807, 2.05) is 23.8 Å². The summed E-state index contributed by atoms with van der Waals surface area (Å²) < 4.78 is 1.08. The molecule has 0 radical (unpaired) electrons. The molecular formula is C10H11NOS2. The van der Waals surface area contributed by atoms with Gasteiger partial charge in [0, 0.05) is 10.3 Å². The summed E-state index contributed by atoms with van der Waals surface area (Å²) in [6, 6.07) is 3.97. The van der Waals surface area contributed by atoms with E-state index in [0.29, 0.717) is 0 Å². The van der Waals surface area contributed by atoms with E-state index >= 15 is 0 Å². The predicted molar refractivity (Wildman–Crippen MR) is 63.9 cm³/mol. The number of hydrogen-bond acceptors (Lipinski definition) is 4. The standard InChI is InChI=1S/C10H11NOS2/c1-13-8-4-6(5-12)7-2-3-14-10(7)9(8)11/h2-4,12H,5,11H2,1H3. The number of rotatable bonds is 2. The second-order valence-electron chi connectivity index (χ2n) is 2.97. The van der Waals surface area contributed by atoms with Crippen LogP contribution in [0, 0.1) is 0 Å². The number of benzene rings is 1. The van der Waals surface area contributed by atoms with E-state index in [0.717, 1.165) is 26.2 Å². The first kappa shape index (κ1) is 9.83. The van der Waals surface area contributed by atoms with Crippen molar-refractivity contribution in [3.05, 3.63) is 23.1 Å². The SMILES string of the molecule is CSc1cc(CO)c2ccsc2c1N. The molecule has 1 aromatic heterocycles. The van der Waals surface area contributed by atoms with Gasteiger partial charge in [0.05, 0.1) is 17.0 Å². The Kier molecular flexibility index (Phi) is 2.67. The molecule has 0 saturated heterocycles. The molecule has 0 spiro atoms. The van der Waals surface area contributed by atoms with Crippen molar-refractivity contribution in [1.29, 1.82) is 0 Å². The third-order valence-corrected chi connectivity index (χ3v) is 3.94. The lowest BCUT2D eigenvalue weighted by Gasteiger charge is -2.07. The number of fused-ring (bicyclic) bond motifs is 1. The Hall–Kier alpha value is -0.710. The first-order chi connectivity index (χ1) is 6.77. The summed E-state index contributed by atoms with van der Waals surface area (Å²) in [5, 5.41) is 12.3. The van der Waals surface area contributed by atoms with E-state index in [1.54, 1.807) is 23.1 Å². The van der Waals surface area contributed by atoms with Crippen molar-refractivity contribution < 1.29 is 5.11 Å². The van der Waals surface area contributed by atoms with Crippen molar-refractivity contribution >= 4 is 38.9 Å². The highest BCUT2D eigenvalue weighted by Gasteiger charge is 2.09. The van der Waals surface area contributed by atoms with Gasteiger partial charge < -0.3 is 10.8 Å². The fourth-order valence-electron chi connectivity index (χ4n) is 1.50. The third-order valence-electron chi connectivity index (χ3n) is 2.22. The van der Waals surface area contributed by atoms with Gasteiger partial charge in [-0.25, -0.2) is 0 Å². The Bertz CT molecular complexity index is 464. The average molecular weight is 225 g/mol. The van der Waals surface area contributed by atoms with E-state index in [4.69, 9.17) is 5.73 Å². The number of nitrogens with two attached hydrogens (primary N) is 1. The lowest BCUT2D eigenvalue weighted by molar-refractivity contribution is 0.283. The minimum Gasteiger partial charge on any atom is -0.397 e. The summed E-state index contributed by atoms with van der Waals surface area (Å²) in [5.74, 6) is 0. The summed E-state index contributed by atoms with van der Waals surface area (Å²) in [4.78, 5) is 1.05. The third kappa shape index (κ3) is 1.39. The highest BCUT2D eigenvalue weighted by molar-refractivity contribution is 7.98. The molecule has 0 saturated carbocycles. The predicted octanol–water partition coefficient (Wildman–Crippen LogP) is 2.70. The highest BCUT2D eigenvalue weighted by atomic mass is 32.2. The van der Waals surface area contributed by atoms with E-state index in [2.05, 4.69) is 0 Å². The molecule has 1 heterocycles. The van der Waals surface area contributed by atoms with Crippen LogP contribution in [0.1, 0.15) is 5.56 Å². The molecule has 0 bridgehead atoms. The molecule has 4 heteroatoms. The molecule has 1 aromatic carbocycles. The largest absolute Gasteiger partial charge is 0.397 e. The van der Waals surface area contributed by atoms with Gasteiger partial charge in [-0.15, -0.1) is 23.1 Å². The molecule has 3 N–H and O–H groups in total. The van der Waals surface area contributed by atoms with Crippen LogP contribution < -0.4 is 5.73 Å². The number of nitrogen functional groups attached to an aromatic ring is 1. The molecule has 2 rings (SSSR count).